The van der Waals surface area contributed by atoms with Crippen molar-refractivity contribution in [3.8, 4) is 0 Å². The van der Waals surface area contributed by atoms with Crippen molar-refractivity contribution in [3.63, 3.8) is 0 Å². The van der Waals surface area contributed by atoms with E-state index < -0.39 is 0 Å². The van der Waals surface area contributed by atoms with Crippen LogP contribution in [0.2, 0.25) is 0 Å². The summed E-state index contributed by atoms with van der Waals surface area (Å²) in [5, 5.41) is 11.2. The third kappa shape index (κ3) is 4.44. The average molecular weight is 278 g/mol. The molecule has 1 unspecified atom stereocenters. The van der Waals surface area contributed by atoms with Crippen LogP contribution >= 0.6 is 11.3 Å². The number of thiazole rings is 1. The fraction of sp³-hybridized carbons (Fsp3) is 0.571. The Bertz CT molecular complexity index is 461. The number of nitrogens with one attached hydrogen (secondary N) is 1. The number of aromatic nitrogens is 3. The standard InChI is InChI=1S/C14H22N4S/c1-4-5-15-13(6-12-8-16-18(3)9-12)7-14-10-19-11(2)17-14/h8-10,13,15H,4-7H2,1-3H3. The van der Waals surface area contributed by atoms with Gasteiger partial charge in [-0.25, -0.2) is 4.98 Å². The Balaban J connectivity index is 1.98. The van der Waals surface area contributed by atoms with Crippen molar-refractivity contribution in [2.45, 2.75) is 39.2 Å². The van der Waals surface area contributed by atoms with E-state index in [1.165, 1.54) is 11.3 Å². The van der Waals surface area contributed by atoms with Gasteiger partial charge in [0.05, 0.1) is 16.9 Å². The van der Waals surface area contributed by atoms with Gasteiger partial charge in [0.1, 0.15) is 0 Å². The predicted octanol–water partition coefficient (Wildman–Crippen LogP) is 2.34. The summed E-state index contributed by atoms with van der Waals surface area (Å²) in [7, 11) is 1.96. The molecule has 0 bridgehead atoms. The largest absolute Gasteiger partial charge is 0.313 e. The summed E-state index contributed by atoms with van der Waals surface area (Å²) in [6.45, 7) is 5.30. The number of hydrogen-bond donors (Lipinski definition) is 1. The maximum atomic E-state index is 4.56. The molecule has 2 aromatic rings. The molecule has 0 fully saturated rings. The first-order valence-corrected chi connectivity index (χ1v) is 7.67. The van der Waals surface area contributed by atoms with Crippen LogP contribution in [0.1, 0.15) is 29.6 Å². The van der Waals surface area contributed by atoms with E-state index in [-0.39, 0.29) is 0 Å². The van der Waals surface area contributed by atoms with E-state index in [0.717, 1.165) is 30.8 Å². The van der Waals surface area contributed by atoms with E-state index in [0.29, 0.717) is 6.04 Å². The van der Waals surface area contributed by atoms with Crippen LogP contribution < -0.4 is 5.32 Å². The third-order valence-corrected chi connectivity index (χ3v) is 3.87. The lowest BCUT2D eigenvalue weighted by atomic mass is 10.0. The molecular weight excluding hydrogens is 256 g/mol. The summed E-state index contributed by atoms with van der Waals surface area (Å²) >= 11 is 1.73. The molecule has 19 heavy (non-hydrogen) atoms. The lowest BCUT2D eigenvalue weighted by Gasteiger charge is -2.16. The topological polar surface area (TPSA) is 42.7 Å². The highest BCUT2D eigenvalue weighted by Crippen LogP contribution is 2.12. The molecule has 104 valence electrons. The Hall–Kier alpha value is -1.20. The lowest BCUT2D eigenvalue weighted by molar-refractivity contribution is 0.501. The van der Waals surface area contributed by atoms with Crippen LogP contribution in [-0.2, 0) is 19.9 Å². The summed E-state index contributed by atoms with van der Waals surface area (Å²) in [6, 6.07) is 0.436. The Morgan fingerprint density at radius 2 is 2.26 bits per heavy atom. The average Bonchev–Trinajstić information content (AvgIpc) is 2.95. The molecule has 0 aliphatic heterocycles. The normalized spacial score (nSPS) is 12.8. The van der Waals surface area contributed by atoms with Crippen LogP contribution in [0.5, 0.6) is 0 Å². The molecule has 0 saturated carbocycles. The fourth-order valence-corrected chi connectivity index (χ4v) is 2.81. The van der Waals surface area contributed by atoms with Crippen LogP contribution in [-0.4, -0.2) is 27.4 Å². The molecule has 0 radical (unpaired) electrons. The van der Waals surface area contributed by atoms with E-state index in [2.05, 4.69) is 40.8 Å². The SMILES string of the molecule is CCCNC(Cc1cnn(C)c1)Cc1csc(C)n1. The van der Waals surface area contributed by atoms with Gasteiger partial charge in [0.15, 0.2) is 0 Å². The molecule has 1 N–H and O–H groups in total. The number of rotatable bonds is 7. The Morgan fingerprint density at radius 3 is 2.84 bits per heavy atom. The minimum absolute atomic E-state index is 0.436. The number of aryl methyl sites for hydroxylation is 2. The summed E-state index contributed by atoms with van der Waals surface area (Å²) in [5.41, 5.74) is 2.48. The molecular formula is C14H22N4S. The first kappa shape index (κ1) is 14.2. The van der Waals surface area contributed by atoms with Crippen LogP contribution in [0.4, 0.5) is 0 Å². The van der Waals surface area contributed by atoms with Crippen molar-refractivity contribution in [1.29, 1.82) is 0 Å². The summed E-state index contributed by atoms with van der Waals surface area (Å²) in [5.74, 6) is 0. The lowest BCUT2D eigenvalue weighted by Crippen LogP contribution is -2.33. The molecule has 0 saturated heterocycles. The van der Waals surface area contributed by atoms with Gasteiger partial charge in [0, 0.05) is 31.1 Å². The molecule has 1 atom stereocenters. The predicted molar refractivity (Wildman–Crippen MR) is 79.5 cm³/mol. The second-order valence-electron chi connectivity index (χ2n) is 4.94. The number of hydrogen-bond acceptors (Lipinski definition) is 4. The zero-order valence-corrected chi connectivity index (χ0v) is 12.7. The van der Waals surface area contributed by atoms with Gasteiger partial charge in [-0.05, 0) is 31.9 Å². The van der Waals surface area contributed by atoms with Crippen LogP contribution in [0.3, 0.4) is 0 Å². The number of nitrogens with zero attached hydrogens (tertiary/aromatic N) is 3. The van der Waals surface area contributed by atoms with E-state index in [1.54, 1.807) is 11.3 Å². The van der Waals surface area contributed by atoms with Gasteiger partial charge < -0.3 is 5.32 Å². The zero-order chi connectivity index (χ0) is 13.7. The smallest absolute Gasteiger partial charge is 0.0897 e. The Morgan fingerprint density at radius 1 is 1.42 bits per heavy atom. The first-order chi connectivity index (χ1) is 9.17. The minimum atomic E-state index is 0.436. The van der Waals surface area contributed by atoms with Crippen LogP contribution in [0, 0.1) is 6.92 Å². The second-order valence-corrected chi connectivity index (χ2v) is 6.00. The van der Waals surface area contributed by atoms with E-state index >= 15 is 0 Å². The maximum Gasteiger partial charge on any atom is 0.0897 e. The van der Waals surface area contributed by atoms with Crippen molar-refractivity contribution in [1.82, 2.24) is 20.1 Å². The van der Waals surface area contributed by atoms with Gasteiger partial charge in [-0.1, -0.05) is 6.92 Å². The van der Waals surface area contributed by atoms with Gasteiger partial charge in [0.2, 0.25) is 0 Å². The molecule has 0 amide bonds. The molecule has 2 heterocycles. The fourth-order valence-electron chi connectivity index (χ4n) is 2.18. The molecule has 5 heteroatoms. The van der Waals surface area contributed by atoms with Crippen molar-refractivity contribution in [3.05, 3.63) is 34.0 Å². The van der Waals surface area contributed by atoms with Gasteiger partial charge in [-0.2, -0.15) is 5.10 Å². The summed E-state index contributed by atoms with van der Waals surface area (Å²) in [6.07, 6.45) is 7.18. The molecule has 0 spiro atoms. The Kier molecular flexibility index (Phi) is 5.10. The maximum absolute atomic E-state index is 4.56. The second kappa shape index (κ2) is 6.82. The van der Waals surface area contributed by atoms with Crippen molar-refractivity contribution in [2.75, 3.05) is 6.54 Å². The van der Waals surface area contributed by atoms with E-state index in [4.69, 9.17) is 0 Å². The Labute approximate surface area is 118 Å². The first-order valence-electron chi connectivity index (χ1n) is 6.79. The van der Waals surface area contributed by atoms with Gasteiger partial charge >= 0.3 is 0 Å². The third-order valence-electron chi connectivity index (χ3n) is 3.05. The summed E-state index contributed by atoms with van der Waals surface area (Å²) < 4.78 is 1.86. The molecule has 4 nitrogen and oxygen atoms in total. The van der Waals surface area contributed by atoms with Crippen LogP contribution in [0.25, 0.3) is 0 Å². The monoisotopic (exact) mass is 278 g/mol. The van der Waals surface area contributed by atoms with Gasteiger partial charge in [0.25, 0.3) is 0 Å². The molecule has 2 aromatic heterocycles. The minimum Gasteiger partial charge on any atom is -0.313 e. The molecule has 0 aromatic carbocycles. The zero-order valence-electron chi connectivity index (χ0n) is 11.9. The quantitative estimate of drug-likeness (QED) is 0.845. The highest BCUT2D eigenvalue weighted by atomic mass is 32.1. The molecule has 0 aliphatic carbocycles. The highest BCUT2D eigenvalue weighted by molar-refractivity contribution is 7.09. The molecule has 0 aliphatic rings. The van der Waals surface area contributed by atoms with Crippen molar-refractivity contribution in [2.24, 2.45) is 7.05 Å². The van der Waals surface area contributed by atoms with Gasteiger partial charge in [-0.3, -0.25) is 4.68 Å². The highest BCUT2D eigenvalue weighted by Gasteiger charge is 2.12. The van der Waals surface area contributed by atoms with Crippen LogP contribution in [0.15, 0.2) is 17.8 Å². The van der Waals surface area contributed by atoms with Crippen molar-refractivity contribution >= 4 is 11.3 Å². The van der Waals surface area contributed by atoms with E-state index in [9.17, 15) is 0 Å². The molecule has 2 rings (SSSR count). The van der Waals surface area contributed by atoms with E-state index in [1.807, 2.05) is 17.9 Å². The summed E-state index contributed by atoms with van der Waals surface area (Å²) in [4.78, 5) is 4.56. The van der Waals surface area contributed by atoms with Gasteiger partial charge in [-0.15, -0.1) is 11.3 Å². The van der Waals surface area contributed by atoms with Crippen molar-refractivity contribution < 1.29 is 0 Å².